The number of benzene rings is 2. The van der Waals surface area contributed by atoms with Crippen LogP contribution in [0.5, 0.6) is 0 Å². The van der Waals surface area contributed by atoms with Crippen LogP contribution in [0.15, 0.2) is 59.8 Å². The van der Waals surface area contributed by atoms with Crippen LogP contribution in [0.1, 0.15) is 62.6 Å². The van der Waals surface area contributed by atoms with Crippen LogP contribution in [-0.4, -0.2) is 31.7 Å². The Balaban J connectivity index is 1.49. The normalized spacial score (nSPS) is 14.8. The molecule has 4 rings (SSSR count). The number of rotatable bonds is 7. The summed E-state index contributed by atoms with van der Waals surface area (Å²) in [5.41, 5.74) is 1.82. The van der Waals surface area contributed by atoms with Crippen LogP contribution in [0.2, 0.25) is 0 Å². The molecule has 0 saturated heterocycles. The summed E-state index contributed by atoms with van der Waals surface area (Å²) in [6, 6.07) is 17.1. The number of amides is 1. The van der Waals surface area contributed by atoms with Gasteiger partial charge in [-0.05, 0) is 56.2 Å². The number of carbonyl (C=O) groups excluding carboxylic acids is 2. The molecule has 1 aromatic heterocycles. The molecule has 1 aliphatic rings. The van der Waals surface area contributed by atoms with Crippen LogP contribution in [0.3, 0.4) is 0 Å². The number of carbonyl (C=O) groups is 2. The van der Waals surface area contributed by atoms with Crippen molar-refractivity contribution >= 4 is 29.1 Å². The van der Waals surface area contributed by atoms with E-state index < -0.39 is 5.41 Å². The van der Waals surface area contributed by atoms with E-state index in [0.717, 1.165) is 29.5 Å². The van der Waals surface area contributed by atoms with Gasteiger partial charge < -0.3 is 5.32 Å². The molecule has 1 saturated carbocycles. The van der Waals surface area contributed by atoms with Gasteiger partial charge in [0.2, 0.25) is 5.91 Å². The third kappa shape index (κ3) is 4.93. The highest BCUT2D eigenvalue weighted by Crippen LogP contribution is 2.41. The van der Waals surface area contributed by atoms with E-state index in [-0.39, 0.29) is 16.9 Å². The predicted molar refractivity (Wildman–Crippen MR) is 128 cm³/mol. The SMILES string of the molecule is C[C@H](Sc1nnc(C2CC2)n1-c1ccccc1)C(=O)c1ccc(NC(=O)C(C)(C)C)cc1. The molecular weight excluding hydrogens is 420 g/mol. The maximum atomic E-state index is 13.1. The summed E-state index contributed by atoms with van der Waals surface area (Å²) in [5, 5.41) is 12.1. The molecule has 0 radical (unpaired) electrons. The summed E-state index contributed by atoms with van der Waals surface area (Å²) in [6.07, 6.45) is 2.25. The number of hydrogen-bond donors (Lipinski definition) is 1. The van der Waals surface area contributed by atoms with Crippen LogP contribution in [-0.2, 0) is 4.79 Å². The van der Waals surface area contributed by atoms with Crippen molar-refractivity contribution < 1.29 is 9.59 Å². The molecule has 3 aromatic rings. The van der Waals surface area contributed by atoms with Gasteiger partial charge >= 0.3 is 0 Å². The Labute approximate surface area is 192 Å². The smallest absolute Gasteiger partial charge is 0.229 e. The first-order valence-electron chi connectivity index (χ1n) is 10.9. The minimum Gasteiger partial charge on any atom is -0.326 e. The van der Waals surface area contributed by atoms with E-state index >= 15 is 0 Å². The van der Waals surface area contributed by atoms with Gasteiger partial charge in [-0.15, -0.1) is 10.2 Å². The molecule has 7 heteroatoms. The number of hydrogen-bond acceptors (Lipinski definition) is 5. The van der Waals surface area contributed by atoms with Crippen LogP contribution in [0, 0.1) is 5.41 Å². The van der Waals surface area contributed by atoms with Crippen molar-refractivity contribution in [1.82, 2.24) is 14.8 Å². The first kappa shape index (κ1) is 22.3. The van der Waals surface area contributed by atoms with Crippen molar-refractivity contribution in [1.29, 1.82) is 0 Å². The topological polar surface area (TPSA) is 76.9 Å². The number of ketones is 1. The maximum Gasteiger partial charge on any atom is 0.229 e. The summed E-state index contributed by atoms with van der Waals surface area (Å²) in [6.45, 7) is 7.48. The van der Waals surface area contributed by atoms with Crippen molar-refractivity contribution in [2.75, 3.05) is 5.32 Å². The Bertz CT molecular complexity index is 1110. The molecule has 2 aromatic carbocycles. The molecule has 32 heavy (non-hydrogen) atoms. The molecule has 1 heterocycles. The molecule has 1 fully saturated rings. The minimum absolute atomic E-state index is 0.0132. The van der Waals surface area contributed by atoms with E-state index in [1.807, 2.05) is 58.0 Å². The Morgan fingerprint density at radius 1 is 1.03 bits per heavy atom. The van der Waals surface area contributed by atoms with Crippen molar-refractivity contribution in [2.24, 2.45) is 5.41 Å². The monoisotopic (exact) mass is 448 g/mol. The third-order valence-corrected chi connectivity index (χ3v) is 6.42. The Hall–Kier alpha value is -2.93. The van der Waals surface area contributed by atoms with Crippen molar-refractivity contribution in [3.05, 3.63) is 66.0 Å². The summed E-state index contributed by atoms with van der Waals surface area (Å²) in [4.78, 5) is 25.2. The number of anilines is 1. The molecule has 166 valence electrons. The summed E-state index contributed by atoms with van der Waals surface area (Å²) in [7, 11) is 0. The molecule has 1 aliphatic carbocycles. The number of para-hydroxylation sites is 1. The van der Waals surface area contributed by atoms with Gasteiger partial charge in [-0.25, -0.2) is 0 Å². The van der Waals surface area contributed by atoms with E-state index in [9.17, 15) is 9.59 Å². The third-order valence-electron chi connectivity index (χ3n) is 5.38. The molecule has 1 amide bonds. The number of thioether (sulfide) groups is 1. The molecule has 0 unspecified atom stereocenters. The molecule has 0 aliphatic heterocycles. The average Bonchev–Trinajstić information content (AvgIpc) is 3.54. The quantitative estimate of drug-likeness (QED) is 0.382. The summed E-state index contributed by atoms with van der Waals surface area (Å²) in [5.74, 6) is 1.36. The molecule has 6 nitrogen and oxygen atoms in total. The van der Waals surface area contributed by atoms with Crippen LogP contribution in [0.25, 0.3) is 5.69 Å². The lowest BCUT2D eigenvalue weighted by Gasteiger charge is -2.18. The maximum absolute atomic E-state index is 13.1. The zero-order valence-electron chi connectivity index (χ0n) is 18.8. The second kappa shape index (κ2) is 8.90. The van der Waals surface area contributed by atoms with Gasteiger partial charge in [-0.1, -0.05) is 50.7 Å². The van der Waals surface area contributed by atoms with Gasteiger partial charge in [0.1, 0.15) is 5.82 Å². The molecular formula is C25H28N4O2S. The number of aromatic nitrogens is 3. The van der Waals surface area contributed by atoms with E-state index in [0.29, 0.717) is 17.2 Å². The molecule has 0 bridgehead atoms. The van der Waals surface area contributed by atoms with Crippen molar-refractivity contribution in [3.63, 3.8) is 0 Å². The van der Waals surface area contributed by atoms with Gasteiger partial charge in [0.25, 0.3) is 0 Å². The highest BCUT2D eigenvalue weighted by molar-refractivity contribution is 8.00. The average molecular weight is 449 g/mol. The van der Waals surface area contributed by atoms with E-state index in [1.54, 1.807) is 24.3 Å². The predicted octanol–water partition coefficient (Wildman–Crippen LogP) is 5.49. The largest absolute Gasteiger partial charge is 0.326 e. The van der Waals surface area contributed by atoms with Crippen LogP contribution >= 0.6 is 11.8 Å². The standard InChI is InChI=1S/C25H28N4O2S/c1-16(21(30)17-12-14-19(15-13-17)26-23(31)25(2,3)4)32-24-28-27-22(18-10-11-18)29(24)20-8-6-5-7-9-20/h5-9,12-16,18H,10-11H2,1-4H3,(H,26,31)/t16-/m0/s1. The molecule has 1 N–H and O–H groups in total. The van der Waals surface area contributed by atoms with Crippen LogP contribution in [0.4, 0.5) is 5.69 Å². The van der Waals surface area contributed by atoms with E-state index in [2.05, 4.69) is 20.1 Å². The number of Topliss-reactive ketones (excluding diaryl/α,β-unsaturated/α-hetero) is 1. The van der Waals surface area contributed by atoms with Gasteiger partial charge in [-0.3, -0.25) is 14.2 Å². The van der Waals surface area contributed by atoms with Crippen molar-refractivity contribution in [2.45, 2.75) is 56.9 Å². The first-order valence-corrected chi connectivity index (χ1v) is 11.7. The lowest BCUT2D eigenvalue weighted by molar-refractivity contribution is -0.123. The van der Waals surface area contributed by atoms with Gasteiger partial charge in [0.15, 0.2) is 10.9 Å². The lowest BCUT2D eigenvalue weighted by Crippen LogP contribution is -2.27. The number of nitrogens with zero attached hydrogens (tertiary/aromatic N) is 3. The summed E-state index contributed by atoms with van der Waals surface area (Å²) < 4.78 is 2.08. The zero-order chi connectivity index (χ0) is 22.9. The second-order valence-electron chi connectivity index (χ2n) is 9.19. The lowest BCUT2D eigenvalue weighted by atomic mass is 9.95. The second-order valence-corrected chi connectivity index (χ2v) is 10.5. The van der Waals surface area contributed by atoms with Gasteiger partial charge in [0, 0.05) is 28.3 Å². The van der Waals surface area contributed by atoms with Gasteiger partial charge in [0.05, 0.1) is 5.25 Å². The fourth-order valence-corrected chi connectivity index (χ4v) is 4.22. The highest BCUT2D eigenvalue weighted by atomic mass is 32.2. The summed E-state index contributed by atoms with van der Waals surface area (Å²) >= 11 is 1.42. The number of nitrogens with one attached hydrogen (secondary N) is 1. The minimum atomic E-state index is -0.479. The van der Waals surface area contributed by atoms with Crippen molar-refractivity contribution in [3.8, 4) is 5.69 Å². The Kier molecular flexibility index (Phi) is 6.20. The Morgan fingerprint density at radius 3 is 2.28 bits per heavy atom. The fourth-order valence-electron chi connectivity index (χ4n) is 3.27. The fraction of sp³-hybridized carbons (Fsp3) is 0.360. The molecule has 1 atom stereocenters. The van der Waals surface area contributed by atoms with Gasteiger partial charge in [-0.2, -0.15) is 0 Å². The van der Waals surface area contributed by atoms with Crippen LogP contribution < -0.4 is 5.32 Å². The molecule has 0 spiro atoms. The Morgan fingerprint density at radius 2 is 1.69 bits per heavy atom. The zero-order valence-corrected chi connectivity index (χ0v) is 19.6. The highest BCUT2D eigenvalue weighted by Gasteiger charge is 2.32. The first-order chi connectivity index (χ1) is 15.2. The van der Waals surface area contributed by atoms with E-state index in [4.69, 9.17) is 0 Å². The van der Waals surface area contributed by atoms with E-state index in [1.165, 1.54) is 11.8 Å².